The van der Waals surface area contributed by atoms with E-state index in [1.165, 1.54) is 18.2 Å². The van der Waals surface area contributed by atoms with Gasteiger partial charge in [0.05, 0.1) is 11.3 Å². The summed E-state index contributed by atoms with van der Waals surface area (Å²) in [4.78, 5) is 11.9. The second-order valence-corrected chi connectivity index (χ2v) is 4.65. The Kier molecular flexibility index (Phi) is 4.22. The molecule has 1 amide bonds. The Morgan fingerprint density at radius 1 is 1.10 bits per heavy atom. The van der Waals surface area contributed by atoms with Gasteiger partial charge in [0, 0.05) is 10.5 Å². The number of carbonyl (C=O) groups excluding carboxylic acids is 1. The highest BCUT2D eigenvalue weighted by atomic mass is 32.1. The van der Waals surface area contributed by atoms with Crippen molar-refractivity contribution in [3.63, 3.8) is 0 Å². The highest BCUT2D eigenvalue weighted by Gasteiger charge is 2.33. The number of thiol groups is 1. The van der Waals surface area contributed by atoms with Crippen molar-refractivity contribution in [1.82, 2.24) is 0 Å². The third kappa shape index (κ3) is 3.55. The van der Waals surface area contributed by atoms with Crippen molar-refractivity contribution >= 4 is 24.2 Å². The predicted octanol–water partition coefficient (Wildman–Crippen LogP) is 4.39. The fourth-order valence-corrected chi connectivity index (χ4v) is 1.90. The topological polar surface area (TPSA) is 29.1 Å². The number of amides is 1. The van der Waals surface area contributed by atoms with Gasteiger partial charge < -0.3 is 5.32 Å². The number of anilines is 1. The van der Waals surface area contributed by atoms with Crippen LogP contribution in [0.2, 0.25) is 0 Å². The average molecular weight is 315 g/mol. The fraction of sp³-hybridized carbons (Fsp3) is 0.0714. The molecule has 0 aliphatic heterocycles. The number of halogens is 4. The van der Waals surface area contributed by atoms with Gasteiger partial charge in [-0.1, -0.05) is 12.1 Å². The van der Waals surface area contributed by atoms with E-state index >= 15 is 0 Å². The molecule has 0 fully saturated rings. The van der Waals surface area contributed by atoms with Crippen molar-refractivity contribution in [2.75, 3.05) is 5.32 Å². The van der Waals surface area contributed by atoms with Crippen molar-refractivity contribution < 1.29 is 22.4 Å². The molecule has 0 saturated heterocycles. The Balaban J connectivity index is 2.30. The molecule has 110 valence electrons. The Morgan fingerprint density at radius 2 is 1.76 bits per heavy atom. The molecule has 1 N–H and O–H groups in total. The number of para-hydroxylation sites is 1. The van der Waals surface area contributed by atoms with Crippen molar-refractivity contribution in [1.29, 1.82) is 0 Å². The number of benzene rings is 2. The van der Waals surface area contributed by atoms with Gasteiger partial charge >= 0.3 is 6.18 Å². The molecule has 2 aromatic rings. The highest BCUT2D eigenvalue weighted by molar-refractivity contribution is 7.80. The molecule has 0 aromatic heterocycles. The van der Waals surface area contributed by atoms with E-state index in [0.29, 0.717) is 0 Å². The molecule has 0 unspecified atom stereocenters. The van der Waals surface area contributed by atoms with Crippen LogP contribution < -0.4 is 5.32 Å². The van der Waals surface area contributed by atoms with Crippen LogP contribution in [0.1, 0.15) is 15.9 Å². The number of alkyl halides is 3. The molecule has 0 aliphatic rings. The molecule has 21 heavy (non-hydrogen) atoms. The third-order valence-electron chi connectivity index (χ3n) is 2.69. The van der Waals surface area contributed by atoms with Crippen LogP contribution in [-0.2, 0) is 6.18 Å². The van der Waals surface area contributed by atoms with Crippen molar-refractivity contribution in [2.24, 2.45) is 0 Å². The average Bonchev–Trinajstić information content (AvgIpc) is 2.41. The van der Waals surface area contributed by atoms with Gasteiger partial charge in [-0.25, -0.2) is 4.39 Å². The molecule has 0 spiro atoms. The second-order valence-electron chi connectivity index (χ2n) is 4.16. The number of hydrogen-bond acceptors (Lipinski definition) is 2. The maximum Gasteiger partial charge on any atom is 0.418 e. The van der Waals surface area contributed by atoms with Crippen LogP contribution in [0.5, 0.6) is 0 Å². The lowest BCUT2D eigenvalue weighted by Gasteiger charge is -2.13. The maximum atomic E-state index is 13.1. The molecular weight excluding hydrogens is 306 g/mol. The van der Waals surface area contributed by atoms with E-state index in [-0.39, 0.29) is 16.1 Å². The van der Waals surface area contributed by atoms with Crippen LogP contribution in [-0.4, -0.2) is 5.91 Å². The zero-order valence-corrected chi connectivity index (χ0v) is 11.3. The molecule has 2 nitrogen and oxygen atoms in total. The number of rotatable bonds is 2. The van der Waals surface area contributed by atoms with Gasteiger partial charge in [0.2, 0.25) is 0 Å². The van der Waals surface area contributed by atoms with Crippen LogP contribution in [0, 0.1) is 5.82 Å². The lowest BCUT2D eigenvalue weighted by molar-refractivity contribution is -0.136. The smallest absolute Gasteiger partial charge is 0.321 e. The molecule has 0 atom stereocenters. The largest absolute Gasteiger partial charge is 0.418 e. The fourth-order valence-electron chi connectivity index (χ4n) is 1.69. The third-order valence-corrected chi connectivity index (χ3v) is 3.03. The summed E-state index contributed by atoms with van der Waals surface area (Å²) in [6.45, 7) is 0. The van der Waals surface area contributed by atoms with Gasteiger partial charge in [-0.2, -0.15) is 13.2 Å². The highest BCUT2D eigenvalue weighted by Crippen LogP contribution is 2.34. The standard InChI is InChI=1S/C14H9F4NOS/c15-10-6-5-8(7-12(10)21)13(20)19-11-4-2-1-3-9(11)14(16,17)18/h1-7,21H,(H,19,20). The molecule has 0 radical (unpaired) electrons. The minimum absolute atomic E-state index is 0.0124. The normalized spacial score (nSPS) is 11.3. The van der Waals surface area contributed by atoms with Crippen LogP contribution in [0.25, 0.3) is 0 Å². The number of hydrogen-bond donors (Lipinski definition) is 2. The molecule has 2 rings (SSSR count). The van der Waals surface area contributed by atoms with Gasteiger partial charge in [-0.05, 0) is 30.3 Å². The first-order valence-corrected chi connectivity index (χ1v) is 6.20. The molecular formula is C14H9F4NOS. The van der Waals surface area contributed by atoms with E-state index in [0.717, 1.165) is 24.3 Å². The van der Waals surface area contributed by atoms with E-state index in [9.17, 15) is 22.4 Å². The first-order valence-electron chi connectivity index (χ1n) is 5.75. The summed E-state index contributed by atoms with van der Waals surface area (Å²) in [5.41, 5.74) is -1.30. The van der Waals surface area contributed by atoms with Crippen LogP contribution in [0.15, 0.2) is 47.4 Å². The molecule has 7 heteroatoms. The summed E-state index contributed by atoms with van der Waals surface area (Å²) >= 11 is 3.82. The lowest BCUT2D eigenvalue weighted by Crippen LogP contribution is -2.16. The zero-order chi connectivity index (χ0) is 15.6. The SMILES string of the molecule is O=C(Nc1ccccc1C(F)(F)F)c1ccc(F)c(S)c1. The van der Waals surface area contributed by atoms with E-state index in [4.69, 9.17) is 0 Å². The summed E-state index contributed by atoms with van der Waals surface area (Å²) in [5.74, 6) is -1.40. The molecule has 0 heterocycles. The molecule has 0 bridgehead atoms. The summed E-state index contributed by atoms with van der Waals surface area (Å²) in [6, 6.07) is 7.94. The van der Waals surface area contributed by atoms with Crippen LogP contribution >= 0.6 is 12.6 Å². The Hall–Kier alpha value is -2.02. The summed E-state index contributed by atoms with van der Waals surface area (Å²) in [5, 5.41) is 2.16. The predicted molar refractivity (Wildman–Crippen MR) is 73.0 cm³/mol. The Morgan fingerprint density at radius 3 is 2.38 bits per heavy atom. The minimum Gasteiger partial charge on any atom is -0.321 e. The van der Waals surface area contributed by atoms with Crippen LogP contribution in [0.4, 0.5) is 23.2 Å². The summed E-state index contributed by atoms with van der Waals surface area (Å²) in [7, 11) is 0. The van der Waals surface area contributed by atoms with Crippen LogP contribution in [0.3, 0.4) is 0 Å². The Bertz CT molecular complexity index is 685. The summed E-state index contributed by atoms with van der Waals surface area (Å²) in [6.07, 6.45) is -4.58. The lowest BCUT2D eigenvalue weighted by atomic mass is 10.1. The first-order chi connectivity index (χ1) is 9.79. The van der Waals surface area contributed by atoms with Crippen molar-refractivity contribution in [3.8, 4) is 0 Å². The van der Waals surface area contributed by atoms with E-state index in [2.05, 4.69) is 17.9 Å². The molecule has 0 saturated carbocycles. The van der Waals surface area contributed by atoms with Gasteiger partial charge in [0.25, 0.3) is 5.91 Å². The quantitative estimate of drug-likeness (QED) is 0.625. The van der Waals surface area contributed by atoms with E-state index < -0.39 is 23.5 Å². The minimum atomic E-state index is -4.58. The zero-order valence-electron chi connectivity index (χ0n) is 10.4. The van der Waals surface area contributed by atoms with Gasteiger partial charge in [0.15, 0.2) is 0 Å². The van der Waals surface area contributed by atoms with E-state index in [1.807, 2.05) is 0 Å². The van der Waals surface area contributed by atoms with Gasteiger partial charge in [-0.15, -0.1) is 12.6 Å². The summed E-state index contributed by atoms with van der Waals surface area (Å²) < 4.78 is 51.5. The first kappa shape index (κ1) is 15.4. The number of carbonyl (C=O) groups is 1. The van der Waals surface area contributed by atoms with Crippen molar-refractivity contribution in [2.45, 2.75) is 11.1 Å². The van der Waals surface area contributed by atoms with Gasteiger partial charge in [0.1, 0.15) is 5.82 Å². The Labute approximate surface area is 123 Å². The van der Waals surface area contributed by atoms with E-state index in [1.54, 1.807) is 0 Å². The monoisotopic (exact) mass is 315 g/mol. The van der Waals surface area contributed by atoms with Gasteiger partial charge in [-0.3, -0.25) is 4.79 Å². The molecule has 0 aliphatic carbocycles. The maximum absolute atomic E-state index is 13.1. The number of nitrogens with one attached hydrogen (secondary N) is 1. The molecule has 2 aromatic carbocycles. The van der Waals surface area contributed by atoms with Crippen molar-refractivity contribution in [3.05, 3.63) is 59.4 Å². The second kappa shape index (κ2) is 5.77.